The third-order valence-electron chi connectivity index (χ3n) is 3.10. The van der Waals surface area contributed by atoms with Gasteiger partial charge < -0.3 is 20.4 Å². The summed E-state index contributed by atoms with van der Waals surface area (Å²) in [6.45, 7) is 2.92. The number of carbonyl (C=O) groups is 1. The van der Waals surface area contributed by atoms with Gasteiger partial charge in [-0.15, -0.1) is 12.4 Å². The third-order valence-corrected chi connectivity index (χ3v) is 3.10. The molecule has 0 fully saturated rings. The van der Waals surface area contributed by atoms with Gasteiger partial charge in [0.05, 0.1) is 0 Å². The second kappa shape index (κ2) is 7.71. The molecule has 2 aromatic rings. The van der Waals surface area contributed by atoms with Gasteiger partial charge in [-0.3, -0.25) is 4.79 Å². The molecule has 0 aliphatic carbocycles. The van der Waals surface area contributed by atoms with Gasteiger partial charge >= 0.3 is 0 Å². The number of benzene rings is 1. The second-order valence-electron chi connectivity index (χ2n) is 4.53. The minimum atomic E-state index is -0.128. The molecule has 0 unspecified atom stereocenters. The van der Waals surface area contributed by atoms with Crippen molar-refractivity contribution < 1.29 is 9.53 Å². The van der Waals surface area contributed by atoms with Crippen molar-refractivity contribution in [2.24, 2.45) is 12.8 Å². The summed E-state index contributed by atoms with van der Waals surface area (Å²) < 4.78 is 7.24. The number of hydrogen-bond donors (Lipinski definition) is 2. The molecule has 6 heteroatoms. The molecule has 114 valence electrons. The number of nitrogens with two attached hydrogens (primary N) is 1. The molecule has 1 amide bonds. The first-order chi connectivity index (χ1) is 9.61. The van der Waals surface area contributed by atoms with Gasteiger partial charge in [0.2, 0.25) is 0 Å². The van der Waals surface area contributed by atoms with Crippen molar-refractivity contribution in [3.05, 3.63) is 47.8 Å². The van der Waals surface area contributed by atoms with Gasteiger partial charge in [0.25, 0.3) is 5.91 Å². The topological polar surface area (TPSA) is 69.3 Å². The van der Waals surface area contributed by atoms with Crippen molar-refractivity contribution in [1.82, 2.24) is 4.57 Å². The monoisotopic (exact) mass is 309 g/mol. The van der Waals surface area contributed by atoms with Crippen LogP contribution in [0.5, 0.6) is 5.75 Å². The van der Waals surface area contributed by atoms with Crippen LogP contribution in [0.2, 0.25) is 0 Å². The number of hydrogen-bond acceptors (Lipinski definition) is 3. The highest BCUT2D eigenvalue weighted by Gasteiger charge is 2.10. The Morgan fingerprint density at radius 1 is 1.24 bits per heavy atom. The molecule has 1 aromatic carbocycles. The molecule has 1 heterocycles. The quantitative estimate of drug-likeness (QED) is 0.890. The summed E-state index contributed by atoms with van der Waals surface area (Å²) in [4.78, 5) is 12.1. The van der Waals surface area contributed by atoms with Gasteiger partial charge in [0.15, 0.2) is 0 Å². The number of amides is 1. The number of aryl methyl sites for hydroxylation is 1. The Labute approximate surface area is 130 Å². The fraction of sp³-hybridized carbons (Fsp3) is 0.267. The second-order valence-corrected chi connectivity index (χ2v) is 4.53. The summed E-state index contributed by atoms with van der Waals surface area (Å²) in [6, 6.07) is 10.9. The van der Waals surface area contributed by atoms with E-state index >= 15 is 0 Å². The number of rotatable bonds is 5. The van der Waals surface area contributed by atoms with E-state index in [2.05, 4.69) is 5.32 Å². The van der Waals surface area contributed by atoms with Crippen molar-refractivity contribution in [3.63, 3.8) is 0 Å². The van der Waals surface area contributed by atoms with E-state index in [9.17, 15) is 4.79 Å². The Hall–Kier alpha value is -1.98. The van der Waals surface area contributed by atoms with Gasteiger partial charge in [-0.25, -0.2) is 0 Å². The van der Waals surface area contributed by atoms with Crippen LogP contribution in [0.1, 0.15) is 16.2 Å². The van der Waals surface area contributed by atoms with E-state index in [0.29, 0.717) is 18.8 Å². The largest absolute Gasteiger partial charge is 0.492 e. The number of aromatic nitrogens is 1. The molecule has 0 aliphatic heterocycles. The molecule has 3 N–H and O–H groups in total. The molecule has 0 radical (unpaired) electrons. The molecule has 0 saturated heterocycles. The lowest BCUT2D eigenvalue weighted by atomic mass is 10.3. The number of halogens is 1. The fourth-order valence-electron chi connectivity index (χ4n) is 1.85. The first kappa shape index (κ1) is 17.1. The summed E-state index contributed by atoms with van der Waals surface area (Å²) >= 11 is 0. The summed E-state index contributed by atoms with van der Waals surface area (Å²) in [5.41, 5.74) is 7.77. The Bertz CT molecular complexity index is 593. The molecule has 0 atom stereocenters. The summed E-state index contributed by atoms with van der Waals surface area (Å²) in [6.07, 6.45) is 0. The van der Waals surface area contributed by atoms with E-state index in [4.69, 9.17) is 10.5 Å². The van der Waals surface area contributed by atoms with Crippen molar-refractivity contribution >= 4 is 24.0 Å². The highest BCUT2D eigenvalue weighted by molar-refractivity contribution is 6.03. The van der Waals surface area contributed by atoms with Gasteiger partial charge in [0, 0.05) is 25.0 Å². The van der Waals surface area contributed by atoms with Crippen molar-refractivity contribution in [2.75, 3.05) is 18.5 Å². The molecular weight excluding hydrogens is 290 g/mol. The summed E-state index contributed by atoms with van der Waals surface area (Å²) in [5, 5.41) is 2.86. The number of nitrogens with zero attached hydrogens (tertiary/aromatic N) is 1. The zero-order valence-electron chi connectivity index (χ0n) is 12.1. The lowest BCUT2D eigenvalue weighted by Crippen LogP contribution is -2.16. The van der Waals surface area contributed by atoms with E-state index < -0.39 is 0 Å². The van der Waals surface area contributed by atoms with Crippen LogP contribution in [0.15, 0.2) is 36.4 Å². The Morgan fingerprint density at radius 2 is 1.90 bits per heavy atom. The van der Waals surface area contributed by atoms with Crippen LogP contribution in [0, 0.1) is 6.92 Å². The first-order valence-electron chi connectivity index (χ1n) is 6.48. The predicted octanol–water partition coefficient (Wildman–Crippen LogP) is 2.35. The smallest absolute Gasteiger partial charge is 0.272 e. The molecule has 0 bridgehead atoms. The van der Waals surface area contributed by atoms with E-state index in [1.165, 1.54) is 0 Å². The molecule has 21 heavy (non-hydrogen) atoms. The molecule has 2 rings (SSSR count). The van der Waals surface area contributed by atoms with Crippen molar-refractivity contribution in [2.45, 2.75) is 6.92 Å². The van der Waals surface area contributed by atoms with Gasteiger partial charge in [-0.1, -0.05) is 0 Å². The number of nitrogens with one attached hydrogen (secondary N) is 1. The fourth-order valence-corrected chi connectivity index (χ4v) is 1.85. The van der Waals surface area contributed by atoms with Gasteiger partial charge in [0.1, 0.15) is 18.1 Å². The standard InChI is InChI=1S/C15H19N3O2.ClH/c1-11-3-8-14(18(11)2)15(19)17-12-4-6-13(7-5-12)20-10-9-16;/h3-8H,9-10,16H2,1-2H3,(H,17,19);1H. The minimum absolute atomic E-state index is 0. The molecular formula is C15H20ClN3O2. The van der Waals surface area contributed by atoms with E-state index in [0.717, 1.165) is 17.1 Å². The first-order valence-corrected chi connectivity index (χ1v) is 6.48. The lowest BCUT2D eigenvalue weighted by molar-refractivity contribution is 0.101. The maximum Gasteiger partial charge on any atom is 0.272 e. The van der Waals surface area contributed by atoms with E-state index in [1.807, 2.05) is 42.8 Å². The van der Waals surface area contributed by atoms with E-state index in [-0.39, 0.29) is 18.3 Å². The number of anilines is 1. The molecule has 5 nitrogen and oxygen atoms in total. The maximum absolute atomic E-state index is 12.1. The van der Waals surface area contributed by atoms with Crippen molar-refractivity contribution in [1.29, 1.82) is 0 Å². The molecule has 1 aromatic heterocycles. The number of ether oxygens (including phenoxy) is 1. The van der Waals surface area contributed by atoms with Crippen LogP contribution in [0.3, 0.4) is 0 Å². The van der Waals surface area contributed by atoms with Crippen LogP contribution in [0.25, 0.3) is 0 Å². The SMILES string of the molecule is Cc1ccc(C(=O)Nc2ccc(OCCN)cc2)n1C.Cl. The molecule has 0 aliphatic rings. The predicted molar refractivity (Wildman–Crippen MR) is 86.3 cm³/mol. The van der Waals surface area contributed by atoms with Crippen LogP contribution >= 0.6 is 12.4 Å². The highest BCUT2D eigenvalue weighted by atomic mass is 35.5. The Kier molecular flexibility index (Phi) is 6.27. The molecule has 0 saturated carbocycles. The van der Waals surface area contributed by atoms with E-state index in [1.54, 1.807) is 12.1 Å². The lowest BCUT2D eigenvalue weighted by Gasteiger charge is -2.08. The van der Waals surface area contributed by atoms with Crippen LogP contribution in [-0.4, -0.2) is 23.6 Å². The van der Waals surface area contributed by atoms with Gasteiger partial charge in [-0.2, -0.15) is 0 Å². The average Bonchev–Trinajstić information content (AvgIpc) is 2.78. The Morgan fingerprint density at radius 3 is 2.43 bits per heavy atom. The van der Waals surface area contributed by atoms with Crippen LogP contribution in [0.4, 0.5) is 5.69 Å². The summed E-state index contributed by atoms with van der Waals surface area (Å²) in [7, 11) is 1.87. The zero-order valence-corrected chi connectivity index (χ0v) is 12.9. The Balaban J connectivity index is 0.00000220. The van der Waals surface area contributed by atoms with Crippen molar-refractivity contribution in [3.8, 4) is 5.75 Å². The van der Waals surface area contributed by atoms with Gasteiger partial charge in [-0.05, 0) is 43.3 Å². The highest BCUT2D eigenvalue weighted by Crippen LogP contribution is 2.16. The summed E-state index contributed by atoms with van der Waals surface area (Å²) in [5.74, 6) is 0.611. The number of carbonyl (C=O) groups excluding carboxylic acids is 1. The maximum atomic E-state index is 12.1. The minimum Gasteiger partial charge on any atom is -0.492 e. The third kappa shape index (κ3) is 4.24. The zero-order chi connectivity index (χ0) is 14.5. The normalized spacial score (nSPS) is 9.86. The van der Waals surface area contributed by atoms with Crippen LogP contribution in [-0.2, 0) is 7.05 Å². The van der Waals surface area contributed by atoms with Crippen LogP contribution < -0.4 is 15.8 Å². The average molecular weight is 310 g/mol. The molecule has 0 spiro atoms.